The molecule has 0 unspecified atom stereocenters. The summed E-state index contributed by atoms with van der Waals surface area (Å²) in [4.78, 5) is 0. The molecular formula is C41H46SiZr-4. The van der Waals surface area contributed by atoms with Crippen molar-refractivity contribution in [3.63, 3.8) is 0 Å². The summed E-state index contributed by atoms with van der Waals surface area (Å²) in [6, 6.07) is 33.5. The van der Waals surface area contributed by atoms with Crippen molar-refractivity contribution in [3.05, 3.63) is 145 Å². The number of aryl methyl sites for hydroxylation is 6. The molecule has 6 aromatic rings. The molecule has 0 spiro atoms. The topological polar surface area (TPSA) is 0 Å². The van der Waals surface area contributed by atoms with Gasteiger partial charge < -0.3 is 14.9 Å². The number of benzene rings is 4. The van der Waals surface area contributed by atoms with Gasteiger partial charge in [0.05, 0.1) is 0 Å². The second-order valence-corrected chi connectivity index (χ2v) is 11.6. The third-order valence-electron chi connectivity index (χ3n) is 8.19. The SMILES string of the molecule is Cc1cc2c(-c3c(C)cccc3C)ccc(C)c2[cH-]1.Cc1cccc(C)c1-c1cccc2[cH-]c(C(C)C)cc12.[CH3-].[CH3-].[Si]=[Zr]. The van der Waals surface area contributed by atoms with E-state index in [9.17, 15) is 0 Å². The maximum absolute atomic E-state index is 3.06. The van der Waals surface area contributed by atoms with Gasteiger partial charge in [0.25, 0.3) is 0 Å². The van der Waals surface area contributed by atoms with E-state index in [1.165, 1.54) is 106 Å². The minimum atomic E-state index is 0. The van der Waals surface area contributed by atoms with E-state index in [-0.39, 0.29) is 14.9 Å². The van der Waals surface area contributed by atoms with E-state index >= 15 is 0 Å². The molecule has 0 atom stereocenters. The molecule has 0 heterocycles. The Morgan fingerprint density at radius 3 is 1.56 bits per heavy atom. The molecule has 0 nitrogen and oxygen atoms in total. The first-order valence-corrected chi connectivity index (χ1v) is 18.6. The van der Waals surface area contributed by atoms with Crippen LogP contribution in [0.4, 0.5) is 0 Å². The van der Waals surface area contributed by atoms with Crippen molar-refractivity contribution in [1.29, 1.82) is 0 Å². The van der Waals surface area contributed by atoms with E-state index in [0.29, 0.717) is 5.92 Å². The molecule has 6 rings (SSSR count). The van der Waals surface area contributed by atoms with E-state index in [1.54, 1.807) is 0 Å². The van der Waals surface area contributed by atoms with E-state index in [4.69, 9.17) is 0 Å². The molecular weight excluding hydrogens is 612 g/mol. The Balaban J connectivity index is 0.000000272. The monoisotopic (exact) mass is 656 g/mol. The summed E-state index contributed by atoms with van der Waals surface area (Å²) in [7, 11) is 0. The van der Waals surface area contributed by atoms with Crippen LogP contribution in [0.25, 0.3) is 43.8 Å². The van der Waals surface area contributed by atoms with Crippen LogP contribution in [-0.2, 0) is 23.3 Å². The fraction of sp³-hybridized carbons (Fsp3) is 0.220. The van der Waals surface area contributed by atoms with Gasteiger partial charge in [0.15, 0.2) is 0 Å². The molecule has 0 aliphatic rings. The van der Waals surface area contributed by atoms with Gasteiger partial charge >= 0.3 is 30.2 Å². The summed E-state index contributed by atoms with van der Waals surface area (Å²) in [5.41, 5.74) is 15.0. The second-order valence-electron chi connectivity index (χ2n) is 11.6. The Morgan fingerprint density at radius 2 is 1.05 bits per heavy atom. The Bertz CT molecular complexity index is 1770. The van der Waals surface area contributed by atoms with Crippen LogP contribution >= 0.6 is 0 Å². The first-order chi connectivity index (χ1) is 19.7. The Kier molecular flexibility index (Phi) is 13.4. The fourth-order valence-corrected chi connectivity index (χ4v) is 6.10. The molecule has 0 saturated carbocycles. The van der Waals surface area contributed by atoms with E-state index in [2.05, 4.69) is 153 Å². The van der Waals surface area contributed by atoms with Crippen molar-refractivity contribution in [3.8, 4) is 22.3 Å². The van der Waals surface area contributed by atoms with Crippen molar-refractivity contribution in [2.75, 3.05) is 0 Å². The predicted octanol–water partition coefficient (Wildman–Crippen LogP) is 11.9. The molecule has 2 radical (unpaired) electrons. The molecule has 0 saturated heterocycles. The number of fused-ring (bicyclic) bond motifs is 2. The van der Waals surface area contributed by atoms with Crippen LogP contribution in [0.15, 0.2) is 91.0 Å². The van der Waals surface area contributed by atoms with Gasteiger partial charge in [-0.3, -0.25) is 0 Å². The van der Waals surface area contributed by atoms with Gasteiger partial charge in [-0.1, -0.05) is 87.4 Å². The first kappa shape index (κ1) is 36.4. The molecule has 43 heavy (non-hydrogen) atoms. The van der Waals surface area contributed by atoms with Gasteiger partial charge in [0.1, 0.15) is 0 Å². The molecule has 0 N–H and O–H groups in total. The van der Waals surface area contributed by atoms with Gasteiger partial charge in [-0.05, 0) is 67.0 Å². The molecule has 0 aliphatic heterocycles. The average molecular weight is 658 g/mol. The first-order valence-electron chi connectivity index (χ1n) is 14.4. The quantitative estimate of drug-likeness (QED) is 0.131. The molecule has 6 aromatic carbocycles. The molecule has 222 valence electrons. The van der Waals surface area contributed by atoms with E-state index in [0.717, 1.165) is 0 Å². The summed E-state index contributed by atoms with van der Waals surface area (Å²) in [5.74, 6) is 0.577. The number of rotatable bonds is 3. The molecule has 0 fully saturated rings. The normalized spacial score (nSPS) is 10.3. The zero-order chi connectivity index (χ0) is 29.8. The van der Waals surface area contributed by atoms with Crippen LogP contribution in [0.5, 0.6) is 0 Å². The van der Waals surface area contributed by atoms with E-state index in [1.807, 2.05) is 0 Å². The molecule has 0 bridgehead atoms. The number of hydrogen-bond donors (Lipinski definition) is 0. The fourth-order valence-electron chi connectivity index (χ4n) is 6.10. The summed E-state index contributed by atoms with van der Waals surface area (Å²) in [6.07, 6.45) is 0. The molecule has 0 aliphatic carbocycles. The third-order valence-corrected chi connectivity index (χ3v) is 8.19. The molecule has 2 heteroatoms. The Labute approximate surface area is 278 Å². The standard InChI is InChI=1S/C20H21.C19H19.2CH3.Si.Zr/c1-13(2)17-11-16-9-6-10-18(19(16)12-17)20-14(3)7-5-8-15(20)4;1-12-10-17-13(2)8-9-16(18(17)11-12)19-14(3)6-5-7-15(19)4;;;;/h5-13H,1-4H3;5-11H,1-4H3;2*1H3;;/q4*-1;;. The van der Waals surface area contributed by atoms with Gasteiger partial charge in [0, 0.05) is 0 Å². The maximum atomic E-state index is 3.06. The van der Waals surface area contributed by atoms with Crippen molar-refractivity contribution in [2.45, 2.75) is 61.3 Å². The second kappa shape index (κ2) is 15.8. The van der Waals surface area contributed by atoms with Gasteiger partial charge in [-0.25, -0.2) is 0 Å². The van der Waals surface area contributed by atoms with Crippen LogP contribution in [0.2, 0.25) is 0 Å². The molecule has 0 aromatic heterocycles. The summed E-state index contributed by atoms with van der Waals surface area (Å²) < 4.78 is 0. The van der Waals surface area contributed by atoms with Crippen molar-refractivity contribution >= 4 is 28.4 Å². The average Bonchev–Trinajstić information content (AvgIpc) is 3.56. The minimum absolute atomic E-state index is 0. The van der Waals surface area contributed by atoms with Crippen LogP contribution in [0.3, 0.4) is 0 Å². The van der Waals surface area contributed by atoms with Crippen LogP contribution in [0.1, 0.15) is 58.7 Å². The summed E-state index contributed by atoms with van der Waals surface area (Å²) in [6.45, 7) is 20.7. The van der Waals surface area contributed by atoms with Crippen molar-refractivity contribution < 1.29 is 23.3 Å². The predicted molar refractivity (Wildman–Crippen MR) is 191 cm³/mol. The van der Waals surface area contributed by atoms with Crippen LogP contribution in [-0.4, -0.2) is 6.88 Å². The molecule has 0 amide bonds. The van der Waals surface area contributed by atoms with Crippen LogP contribution in [0, 0.1) is 56.4 Å². The van der Waals surface area contributed by atoms with Crippen molar-refractivity contribution in [1.82, 2.24) is 0 Å². The van der Waals surface area contributed by atoms with Gasteiger partial charge in [0.2, 0.25) is 0 Å². The number of hydrogen-bond acceptors (Lipinski definition) is 0. The van der Waals surface area contributed by atoms with Gasteiger partial charge in [-0.2, -0.15) is 12.1 Å². The summed E-state index contributed by atoms with van der Waals surface area (Å²) in [5, 5.41) is 5.51. The summed E-state index contributed by atoms with van der Waals surface area (Å²) >= 11 is 1.36. The van der Waals surface area contributed by atoms with Crippen molar-refractivity contribution in [2.24, 2.45) is 0 Å². The van der Waals surface area contributed by atoms with Crippen LogP contribution < -0.4 is 0 Å². The third kappa shape index (κ3) is 7.65. The zero-order valence-corrected chi connectivity index (χ0v) is 31.2. The Morgan fingerprint density at radius 1 is 0.558 bits per heavy atom. The van der Waals surface area contributed by atoms with E-state index < -0.39 is 0 Å². The Hall–Kier alpha value is -2.80. The van der Waals surface area contributed by atoms with Gasteiger partial charge in [-0.15, -0.1) is 68.6 Å². The zero-order valence-electron chi connectivity index (χ0n) is 27.7.